The maximum atomic E-state index is 11.5. The second-order valence-electron chi connectivity index (χ2n) is 4.84. The molecule has 1 aliphatic heterocycles. The lowest BCUT2D eigenvalue weighted by molar-refractivity contribution is -0.137. The SMILES string of the molecule is N[C@@H](CCCCN1C(=O)C=CC1=O)C(=O)NCCS(=O)(=O)O. The molecular weight excluding hydrogens is 314 g/mol. The van der Waals surface area contributed by atoms with E-state index in [-0.39, 0.29) is 24.9 Å². The van der Waals surface area contributed by atoms with Gasteiger partial charge in [0.05, 0.1) is 11.8 Å². The Morgan fingerprint density at radius 3 is 2.41 bits per heavy atom. The molecule has 0 aliphatic carbocycles. The summed E-state index contributed by atoms with van der Waals surface area (Å²) in [7, 11) is -4.12. The second kappa shape index (κ2) is 8.01. The fraction of sp³-hybridized carbons (Fsp3) is 0.583. The van der Waals surface area contributed by atoms with Gasteiger partial charge < -0.3 is 11.1 Å². The molecule has 1 heterocycles. The molecular formula is C12H19N3O6S. The van der Waals surface area contributed by atoms with E-state index in [4.69, 9.17) is 10.3 Å². The summed E-state index contributed by atoms with van der Waals surface area (Å²) in [5.74, 6) is -1.79. The highest BCUT2D eigenvalue weighted by Gasteiger charge is 2.22. The van der Waals surface area contributed by atoms with Crippen LogP contribution in [0.15, 0.2) is 12.2 Å². The van der Waals surface area contributed by atoms with Crippen LogP contribution in [0.1, 0.15) is 19.3 Å². The lowest BCUT2D eigenvalue weighted by atomic mass is 10.1. The van der Waals surface area contributed by atoms with Crippen molar-refractivity contribution < 1.29 is 27.4 Å². The van der Waals surface area contributed by atoms with E-state index in [1.165, 1.54) is 12.2 Å². The Kier molecular flexibility index (Phi) is 6.65. The predicted octanol–water partition coefficient (Wildman–Crippen LogP) is -1.59. The Hall–Kier alpha value is -1.78. The molecule has 0 saturated carbocycles. The van der Waals surface area contributed by atoms with E-state index in [9.17, 15) is 22.8 Å². The molecule has 22 heavy (non-hydrogen) atoms. The van der Waals surface area contributed by atoms with Gasteiger partial charge in [-0.05, 0) is 19.3 Å². The Balaban J connectivity index is 2.17. The van der Waals surface area contributed by atoms with Gasteiger partial charge in [-0.15, -0.1) is 0 Å². The van der Waals surface area contributed by atoms with Crippen molar-refractivity contribution in [3.05, 3.63) is 12.2 Å². The molecule has 1 atom stereocenters. The van der Waals surface area contributed by atoms with Crippen LogP contribution in [0.3, 0.4) is 0 Å². The number of nitrogens with two attached hydrogens (primary N) is 1. The molecule has 124 valence electrons. The zero-order chi connectivity index (χ0) is 16.8. The fourth-order valence-corrected chi connectivity index (χ4v) is 2.21. The molecule has 1 rings (SSSR count). The van der Waals surface area contributed by atoms with E-state index in [0.717, 1.165) is 4.90 Å². The summed E-state index contributed by atoms with van der Waals surface area (Å²) in [6.07, 6.45) is 3.80. The van der Waals surface area contributed by atoms with Gasteiger partial charge in [-0.3, -0.25) is 23.8 Å². The predicted molar refractivity (Wildman–Crippen MR) is 77.1 cm³/mol. The highest BCUT2D eigenvalue weighted by atomic mass is 32.2. The first-order valence-electron chi connectivity index (χ1n) is 6.72. The molecule has 4 N–H and O–H groups in total. The Labute approximate surface area is 128 Å². The zero-order valence-electron chi connectivity index (χ0n) is 11.9. The quantitative estimate of drug-likeness (QED) is 0.262. The van der Waals surface area contributed by atoms with Gasteiger partial charge in [-0.1, -0.05) is 0 Å². The normalized spacial score (nSPS) is 16.2. The molecule has 0 fully saturated rings. The minimum Gasteiger partial charge on any atom is -0.354 e. The molecule has 10 heteroatoms. The molecule has 1 aliphatic rings. The van der Waals surface area contributed by atoms with Crippen LogP contribution >= 0.6 is 0 Å². The largest absolute Gasteiger partial charge is 0.354 e. The van der Waals surface area contributed by atoms with Gasteiger partial charge >= 0.3 is 0 Å². The van der Waals surface area contributed by atoms with Crippen molar-refractivity contribution in [1.82, 2.24) is 10.2 Å². The average Bonchev–Trinajstić information content (AvgIpc) is 2.72. The number of nitrogens with one attached hydrogen (secondary N) is 1. The summed E-state index contributed by atoms with van der Waals surface area (Å²) < 4.78 is 29.5. The molecule has 0 spiro atoms. The summed E-state index contributed by atoms with van der Waals surface area (Å²) in [6, 6.07) is -0.815. The topological polar surface area (TPSA) is 147 Å². The van der Waals surface area contributed by atoms with Gasteiger partial charge in [0.1, 0.15) is 0 Å². The number of nitrogens with zero attached hydrogens (tertiary/aromatic N) is 1. The van der Waals surface area contributed by atoms with Crippen molar-refractivity contribution in [3.8, 4) is 0 Å². The Morgan fingerprint density at radius 2 is 1.86 bits per heavy atom. The summed E-state index contributed by atoms with van der Waals surface area (Å²) >= 11 is 0. The maximum Gasteiger partial charge on any atom is 0.266 e. The number of unbranched alkanes of at least 4 members (excludes halogenated alkanes) is 1. The van der Waals surface area contributed by atoms with Crippen molar-refractivity contribution >= 4 is 27.8 Å². The lowest BCUT2D eigenvalue weighted by Gasteiger charge is -2.15. The van der Waals surface area contributed by atoms with E-state index in [2.05, 4.69) is 5.32 Å². The minimum absolute atomic E-state index is 0.214. The van der Waals surface area contributed by atoms with Crippen molar-refractivity contribution in [2.24, 2.45) is 5.73 Å². The molecule has 3 amide bonds. The van der Waals surface area contributed by atoms with Gasteiger partial charge in [-0.2, -0.15) is 8.42 Å². The van der Waals surface area contributed by atoms with Gasteiger partial charge in [0.2, 0.25) is 5.91 Å². The van der Waals surface area contributed by atoms with E-state index < -0.39 is 27.8 Å². The monoisotopic (exact) mass is 333 g/mol. The summed E-state index contributed by atoms with van der Waals surface area (Å²) in [6.45, 7) is 0.0512. The van der Waals surface area contributed by atoms with Crippen LogP contribution in [0.4, 0.5) is 0 Å². The third kappa shape index (κ3) is 6.33. The number of carbonyl (C=O) groups excluding carboxylic acids is 3. The number of imide groups is 1. The van der Waals surface area contributed by atoms with E-state index in [1.54, 1.807) is 0 Å². The number of hydrogen-bond donors (Lipinski definition) is 3. The van der Waals surface area contributed by atoms with Crippen molar-refractivity contribution in [2.45, 2.75) is 25.3 Å². The molecule has 0 radical (unpaired) electrons. The van der Waals surface area contributed by atoms with Gasteiger partial charge in [-0.25, -0.2) is 0 Å². The van der Waals surface area contributed by atoms with Crippen molar-refractivity contribution in [2.75, 3.05) is 18.8 Å². The van der Waals surface area contributed by atoms with Crippen LogP contribution in [0.2, 0.25) is 0 Å². The van der Waals surface area contributed by atoms with Crippen LogP contribution in [-0.2, 0) is 24.5 Å². The summed E-state index contributed by atoms with van der Waals surface area (Å²) in [5, 5.41) is 2.30. The number of amides is 3. The number of hydrogen-bond acceptors (Lipinski definition) is 6. The van der Waals surface area contributed by atoms with Gasteiger partial charge in [0, 0.05) is 25.2 Å². The highest BCUT2D eigenvalue weighted by molar-refractivity contribution is 7.85. The first kappa shape index (κ1) is 18.3. The molecule has 0 aromatic heterocycles. The van der Waals surface area contributed by atoms with Gasteiger partial charge in [0.25, 0.3) is 21.9 Å². The first-order valence-corrected chi connectivity index (χ1v) is 8.33. The highest BCUT2D eigenvalue weighted by Crippen LogP contribution is 2.07. The summed E-state index contributed by atoms with van der Waals surface area (Å²) in [5.41, 5.74) is 5.63. The average molecular weight is 333 g/mol. The van der Waals surface area contributed by atoms with Gasteiger partial charge in [0.15, 0.2) is 0 Å². The summed E-state index contributed by atoms with van der Waals surface area (Å²) in [4.78, 5) is 35.2. The van der Waals surface area contributed by atoms with Crippen LogP contribution < -0.4 is 11.1 Å². The molecule has 0 unspecified atom stereocenters. The van der Waals surface area contributed by atoms with Crippen LogP contribution in [0, 0.1) is 0 Å². The molecule has 0 aromatic rings. The Morgan fingerprint density at radius 1 is 1.27 bits per heavy atom. The van der Waals surface area contributed by atoms with E-state index in [1.807, 2.05) is 0 Å². The number of carbonyl (C=O) groups is 3. The van der Waals surface area contributed by atoms with E-state index >= 15 is 0 Å². The minimum atomic E-state index is -4.12. The molecule has 9 nitrogen and oxygen atoms in total. The van der Waals surface area contributed by atoms with Crippen molar-refractivity contribution in [1.29, 1.82) is 0 Å². The fourth-order valence-electron chi connectivity index (χ4n) is 1.85. The third-order valence-corrected chi connectivity index (χ3v) is 3.76. The van der Waals surface area contributed by atoms with Crippen LogP contribution in [-0.4, -0.2) is 60.5 Å². The van der Waals surface area contributed by atoms with Crippen LogP contribution in [0.5, 0.6) is 0 Å². The second-order valence-corrected chi connectivity index (χ2v) is 6.41. The molecule has 0 aromatic carbocycles. The molecule has 0 saturated heterocycles. The standard InChI is InChI=1S/C12H19N3O6S/c13-9(12(18)14-6-8-22(19,20)21)3-1-2-7-15-10(16)4-5-11(15)17/h4-5,9H,1-3,6-8,13H2,(H,14,18)(H,19,20,21)/t9-/m0/s1. The van der Waals surface area contributed by atoms with E-state index in [0.29, 0.717) is 19.3 Å². The third-order valence-electron chi connectivity index (χ3n) is 3.04. The first-order chi connectivity index (χ1) is 10.2. The number of rotatable bonds is 9. The molecule has 0 bridgehead atoms. The smallest absolute Gasteiger partial charge is 0.266 e. The Bertz CT molecular complexity index is 553. The van der Waals surface area contributed by atoms with Crippen molar-refractivity contribution in [3.63, 3.8) is 0 Å². The van der Waals surface area contributed by atoms with Crippen LogP contribution in [0.25, 0.3) is 0 Å². The maximum absolute atomic E-state index is 11.5. The lowest BCUT2D eigenvalue weighted by Crippen LogP contribution is -2.42. The zero-order valence-corrected chi connectivity index (χ0v) is 12.7.